The number of carbonyl (C=O) groups is 1. The number of aryl methyl sites for hydroxylation is 1. The normalized spacial score (nSPS) is 12.5. The smallest absolute Gasteiger partial charge is 0.251 e. The van der Waals surface area contributed by atoms with E-state index in [-0.39, 0.29) is 11.7 Å². The van der Waals surface area contributed by atoms with Crippen molar-refractivity contribution in [3.63, 3.8) is 0 Å². The predicted octanol–water partition coefficient (Wildman–Crippen LogP) is 4.93. The van der Waals surface area contributed by atoms with Crippen molar-refractivity contribution in [1.29, 1.82) is 0 Å². The Kier molecular flexibility index (Phi) is 5.58. The van der Waals surface area contributed by atoms with Crippen LogP contribution in [0.5, 0.6) is 0 Å². The molecule has 0 saturated heterocycles. The predicted molar refractivity (Wildman–Crippen MR) is 120 cm³/mol. The standard InChI is InChI=1S/C23H22N2O3S2/c1-3-30(27,28)18-8-5-16(6-9-18)14-24-23(26)17-7-11-21-20(13-17)25-19-10-4-15(2)12-22(19)29-21/h4-13,25H,3,14H2,1-2H3,(H,24,26). The molecule has 0 aromatic heterocycles. The first-order valence-corrected chi connectivity index (χ1v) is 12.1. The Hall–Kier alpha value is -2.77. The molecule has 0 spiro atoms. The zero-order valence-corrected chi connectivity index (χ0v) is 18.4. The van der Waals surface area contributed by atoms with Gasteiger partial charge in [0.1, 0.15) is 0 Å². The Morgan fingerprint density at radius 3 is 2.47 bits per heavy atom. The maximum absolute atomic E-state index is 12.6. The molecule has 154 valence electrons. The highest BCUT2D eigenvalue weighted by atomic mass is 32.2. The fraction of sp³-hybridized carbons (Fsp3) is 0.174. The molecule has 1 amide bonds. The lowest BCUT2D eigenvalue weighted by molar-refractivity contribution is 0.0951. The summed E-state index contributed by atoms with van der Waals surface area (Å²) in [5.74, 6) is -0.109. The van der Waals surface area contributed by atoms with Gasteiger partial charge in [-0.25, -0.2) is 8.42 Å². The fourth-order valence-corrected chi connectivity index (χ4v) is 5.16. The third-order valence-electron chi connectivity index (χ3n) is 4.98. The molecule has 4 rings (SSSR count). The maximum Gasteiger partial charge on any atom is 0.251 e. The highest BCUT2D eigenvalue weighted by molar-refractivity contribution is 7.99. The molecule has 0 atom stereocenters. The summed E-state index contributed by atoms with van der Waals surface area (Å²) in [7, 11) is -3.22. The van der Waals surface area contributed by atoms with Crippen LogP contribution >= 0.6 is 11.8 Å². The SMILES string of the molecule is CCS(=O)(=O)c1ccc(CNC(=O)c2ccc3c(c2)Nc2ccc(C)cc2S3)cc1. The molecular formula is C23H22N2O3S2. The van der Waals surface area contributed by atoms with Gasteiger partial charge in [-0.15, -0.1) is 0 Å². The van der Waals surface area contributed by atoms with Crippen LogP contribution in [0.1, 0.15) is 28.4 Å². The van der Waals surface area contributed by atoms with Crippen molar-refractivity contribution in [3.05, 3.63) is 77.4 Å². The Bertz CT molecular complexity index is 1220. The summed E-state index contributed by atoms with van der Waals surface area (Å²) in [5, 5.41) is 6.30. The van der Waals surface area contributed by atoms with Crippen LogP contribution in [0.4, 0.5) is 11.4 Å². The van der Waals surface area contributed by atoms with Crippen molar-refractivity contribution in [1.82, 2.24) is 5.32 Å². The molecule has 1 aliphatic rings. The van der Waals surface area contributed by atoms with Crippen LogP contribution in [0.25, 0.3) is 0 Å². The molecule has 5 nitrogen and oxygen atoms in total. The van der Waals surface area contributed by atoms with E-state index < -0.39 is 9.84 Å². The van der Waals surface area contributed by atoms with Gasteiger partial charge in [-0.1, -0.05) is 36.9 Å². The van der Waals surface area contributed by atoms with E-state index >= 15 is 0 Å². The van der Waals surface area contributed by atoms with E-state index in [2.05, 4.69) is 35.8 Å². The number of amides is 1. The minimum Gasteiger partial charge on any atom is -0.354 e. The number of anilines is 2. The molecule has 3 aromatic rings. The van der Waals surface area contributed by atoms with E-state index in [1.54, 1.807) is 43.0 Å². The van der Waals surface area contributed by atoms with Gasteiger partial charge in [0.05, 0.1) is 22.0 Å². The minimum atomic E-state index is -3.22. The quantitative estimate of drug-likeness (QED) is 0.462. The lowest BCUT2D eigenvalue weighted by atomic mass is 10.1. The Balaban J connectivity index is 1.44. The van der Waals surface area contributed by atoms with Gasteiger partial charge < -0.3 is 10.6 Å². The summed E-state index contributed by atoms with van der Waals surface area (Å²) in [6.45, 7) is 4.02. The molecular weight excluding hydrogens is 416 g/mol. The van der Waals surface area contributed by atoms with Gasteiger partial charge in [-0.2, -0.15) is 0 Å². The molecule has 0 bridgehead atoms. The molecule has 30 heavy (non-hydrogen) atoms. The van der Waals surface area contributed by atoms with E-state index in [0.717, 1.165) is 21.8 Å². The first-order chi connectivity index (χ1) is 14.4. The summed E-state index contributed by atoms with van der Waals surface area (Å²) in [6.07, 6.45) is 0. The second-order valence-corrected chi connectivity index (χ2v) is 10.5. The molecule has 7 heteroatoms. The van der Waals surface area contributed by atoms with Crippen molar-refractivity contribution < 1.29 is 13.2 Å². The minimum absolute atomic E-state index is 0.0673. The monoisotopic (exact) mass is 438 g/mol. The summed E-state index contributed by atoms with van der Waals surface area (Å²) in [4.78, 5) is 15.2. The summed E-state index contributed by atoms with van der Waals surface area (Å²) in [5.41, 5.74) is 4.58. The number of nitrogens with one attached hydrogen (secondary N) is 2. The highest BCUT2D eigenvalue weighted by Gasteiger charge is 2.18. The van der Waals surface area contributed by atoms with E-state index in [1.807, 2.05) is 18.2 Å². The van der Waals surface area contributed by atoms with Crippen molar-refractivity contribution in [3.8, 4) is 0 Å². The number of hydrogen-bond donors (Lipinski definition) is 2. The van der Waals surface area contributed by atoms with E-state index in [4.69, 9.17) is 0 Å². The highest BCUT2D eigenvalue weighted by Crippen LogP contribution is 2.44. The number of fused-ring (bicyclic) bond motifs is 2. The third kappa shape index (κ3) is 4.22. The average molecular weight is 439 g/mol. The summed E-state index contributed by atoms with van der Waals surface area (Å²) in [6, 6.07) is 18.5. The number of hydrogen-bond acceptors (Lipinski definition) is 5. The van der Waals surface area contributed by atoms with Crippen LogP contribution < -0.4 is 10.6 Å². The van der Waals surface area contributed by atoms with Gasteiger partial charge in [-0.3, -0.25) is 4.79 Å². The Labute approximate surface area is 180 Å². The largest absolute Gasteiger partial charge is 0.354 e. The molecule has 1 heterocycles. The van der Waals surface area contributed by atoms with Gasteiger partial charge in [-0.05, 0) is 60.5 Å². The van der Waals surface area contributed by atoms with Crippen molar-refractivity contribution >= 4 is 38.9 Å². The van der Waals surface area contributed by atoms with Crippen LogP contribution in [0.3, 0.4) is 0 Å². The first kappa shape index (κ1) is 20.5. The number of sulfone groups is 1. The summed E-state index contributed by atoms with van der Waals surface area (Å²) < 4.78 is 23.8. The lowest BCUT2D eigenvalue weighted by Crippen LogP contribution is -2.23. The van der Waals surface area contributed by atoms with Gasteiger partial charge in [0.25, 0.3) is 5.91 Å². The van der Waals surface area contributed by atoms with Crippen molar-refractivity contribution in [2.45, 2.75) is 35.1 Å². The van der Waals surface area contributed by atoms with E-state index in [0.29, 0.717) is 17.0 Å². The van der Waals surface area contributed by atoms with E-state index in [9.17, 15) is 13.2 Å². The molecule has 0 radical (unpaired) electrons. The molecule has 0 unspecified atom stereocenters. The van der Waals surface area contributed by atoms with Crippen LogP contribution in [-0.2, 0) is 16.4 Å². The molecule has 0 fully saturated rings. The van der Waals surface area contributed by atoms with Crippen molar-refractivity contribution in [2.24, 2.45) is 0 Å². The molecule has 1 aliphatic heterocycles. The summed E-state index contributed by atoms with van der Waals surface area (Å²) >= 11 is 1.69. The Morgan fingerprint density at radius 1 is 0.967 bits per heavy atom. The molecule has 3 aromatic carbocycles. The van der Waals surface area contributed by atoms with Crippen LogP contribution in [0.15, 0.2) is 75.4 Å². The van der Waals surface area contributed by atoms with Gasteiger partial charge >= 0.3 is 0 Å². The second-order valence-electron chi connectivity index (χ2n) is 7.17. The molecule has 0 aliphatic carbocycles. The first-order valence-electron chi connectivity index (χ1n) is 9.65. The van der Waals surface area contributed by atoms with Gasteiger partial charge in [0, 0.05) is 21.9 Å². The number of rotatable bonds is 5. The zero-order valence-electron chi connectivity index (χ0n) is 16.7. The average Bonchev–Trinajstić information content (AvgIpc) is 2.76. The lowest BCUT2D eigenvalue weighted by Gasteiger charge is -2.21. The second kappa shape index (κ2) is 8.16. The topological polar surface area (TPSA) is 75.3 Å². The van der Waals surface area contributed by atoms with Crippen LogP contribution in [-0.4, -0.2) is 20.1 Å². The third-order valence-corrected chi connectivity index (χ3v) is 7.87. The van der Waals surface area contributed by atoms with Gasteiger partial charge in [0.2, 0.25) is 0 Å². The van der Waals surface area contributed by atoms with Crippen LogP contribution in [0, 0.1) is 6.92 Å². The van der Waals surface area contributed by atoms with Crippen molar-refractivity contribution in [2.75, 3.05) is 11.1 Å². The fourth-order valence-electron chi connectivity index (χ4n) is 3.20. The number of benzene rings is 3. The van der Waals surface area contributed by atoms with Gasteiger partial charge in [0.15, 0.2) is 9.84 Å². The zero-order chi connectivity index (χ0) is 21.3. The molecule has 2 N–H and O–H groups in total. The molecule has 0 saturated carbocycles. The maximum atomic E-state index is 12.6. The number of carbonyl (C=O) groups excluding carboxylic acids is 1. The van der Waals surface area contributed by atoms with Crippen LogP contribution in [0.2, 0.25) is 0 Å². The van der Waals surface area contributed by atoms with E-state index in [1.165, 1.54) is 10.5 Å². The Morgan fingerprint density at radius 2 is 1.73 bits per heavy atom.